The number of hydrogen-bond donors (Lipinski definition) is 2. The molecule has 1 aliphatic rings. The van der Waals surface area contributed by atoms with Gasteiger partial charge in [-0.25, -0.2) is 4.98 Å². The van der Waals surface area contributed by atoms with Crippen LogP contribution in [0.1, 0.15) is 57.3 Å². The molecule has 1 aliphatic carbocycles. The maximum atomic E-state index is 12.1. The number of rotatable bonds is 4. The first-order valence-electron chi connectivity index (χ1n) is 6.61. The monoisotopic (exact) mass is 235 g/mol. The summed E-state index contributed by atoms with van der Waals surface area (Å²) in [5.41, 5.74) is 0. The summed E-state index contributed by atoms with van der Waals surface area (Å²) >= 11 is 0. The molecule has 2 N–H and O–H groups in total. The molecule has 4 heteroatoms. The zero-order valence-corrected chi connectivity index (χ0v) is 10.4. The van der Waals surface area contributed by atoms with Crippen LogP contribution in [0, 0.1) is 5.92 Å². The smallest absolute Gasteiger partial charge is 0.223 e. The normalized spacial score (nSPS) is 18.9. The van der Waals surface area contributed by atoms with Crippen molar-refractivity contribution in [1.82, 2.24) is 15.3 Å². The molecule has 0 spiro atoms. The lowest BCUT2D eigenvalue weighted by molar-refractivity contribution is -0.126. The van der Waals surface area contributed by atoms with Gasteiger partial charge in [-0.1, -0.05) is 26.2 Å². The highest BCUT2D eigenvalue weighted by atomic mass is 16.1. The van der Waals surface area contributed by atoms with Gasteiger partial charge < -0.3 is 10.3 Å². The van der Waals surface area contributed by atoms with Gasteiger partial charge in [0.1, 0.15) is 5.82 Å². The number of carbonyl (C=O) groups excluding carboxylic acids is 1. The first-order valence-corrected chi connectivity index (χ1v) is 6.61. The fourth-order valence-corrected chi connectivity index (χ4v) is 2.49. The van der Waals surface area contributed by atoms with Gasteiger partial charge in [0.2, 0.25) is 5.91 Å². The maximum absolute atomic E-state index is 12.1. The van der Waals surface area contributed by atoms with Gasteiger partial charge >= 0.3 is 0 Å². The van der Waals surface area contributed by atoms with E-state index < -0.39 is 0 Å². The van der Waals surface area contributed by atoms with Crippen LogP contribution in [-0.4, -0.2) is 15.9 Å². The molecule has 2 rings (SSSR count). The van der Waals surface area contributed by atoms with Crippen molar-refractivity contribution in [3.05, 3.63) is 18.2 Å². The van der Waals surface area contributed by atoms with Crippen LogP contribution in [-0.2, 0) is 4.79 Å². The third-order valence-electron chi connectivity index (χ3n) is 3.55. The van der Waals surface area contributed by atoms with E-state index in [1.165, 1.54) is 19.3 Å². The van der Waals surface area contributed by atoms with Crippen LogP contribution < -0.4 is 5.32 Å². The molecular formula is C13H21N3O. The van der Waals surface area contributed by atoms with Crippen molar-refractivity contribution in [2.45, 2.75) is 51.5 Å². The Bertz CT molecular complexity index is 342. The van der Waals surface area contributed by atoms with E-state index in [0.29, 0.717) is 0 Å². The zero-order chi connectivity index (χ0) is 12.1. The molecule has 0 radical (unpaired) electrons. The summed E-state index contributed by atoms with van der Waals surface area (Å²) in [4.78, 5) is 19.4. The standard InChI is InChI=1S/C13H21N3O/c1-2-11(12-14-8-9-15-12)16-13(17)10-6-4-3-5-7-10/h8-11H,2-7H2,1H3,(H,14,15)(H,16,17). The first-order chi connectivity index (χ1) is 8.31. The maximum Gasteiger partial charge on any atom is 0.223 e. The summed E-state index contributed by atoms with van der Waals surface area (Å²) < 4.78 is 0. The van der Waals surface area contributed by atoms with E-state index in [-0.39, 0.29) is 17.9 Å². The van der Waals surface area contributed by atoms with E-state index in [0.717, 1.165) is 25.1 Å². The molecule has 0 aliphatic heterocycles. The van der Waals surface area contributed by atoms with Crippen molar-refractivity contribution < 1.29 is 4.79 Å². The lowest BCUT2D eigenvalue weighted by atomic mass is 9.88. The molecule has 0 aromatic carbocycles. The van der Waals surface area contributed by atoms with E-state index in [9.17, 15) is 4.79 Å². The van der Waals surface area contributed by atoms with E-state index in [1.807, 2.05) is 0 Å². The number of nitrogens with zero attached hydrogens (tertiary/aromatic N) is 1. The number of imidazole rings is 1. The third kappa shape index (κ3) is 3.08. The number of aromatic amines is 1. The second-order valence-corrected chi connectivity index (χ2v) is 4.78. The van der Waals surface area contributed by atoms with E-state index in [4.69, 9.17) is 0 Å². The quantitative estimate of drug-likeness (QED) is 0.842. The van der Waals surface area contributed by atoms with Gasteiger partial charge in [0.15, 0.2) is 0 Å². The highest BCUT2D eigenvalue weighted by Crippen LogP contribution is 2.24. The van der Waals surface area contributed by atoms with Crippen molar-refractivity contribution >= 4 is 5.91 Å². The summed E-state index contributed by atoms with van der Waals surface area (Å²) in [5.74, 6) is 1.28. The molecule has 1 unspecified atom stereocenters. The van der Waals surface area contributed by atoms with Crippen molar-refractivity contribution in [2.75, 3.05) is 0 Å². The summed E-state index contributed by atoms with van der Waals surface area (Å²) in [6.07, 6.45) is 10.1. The minimum Gasteiger partial charge on any atom is -0.347 e. The van der Waals surface area contributed by atoms with Gasteiger partial charge in [0, 0.05) is 18.3 Å². The van der Waals surface area contributed by atoms with Gasteiger partial charge in [-0.05, 0) is 19.3 Å². The van der Waals surface area contributed by atoms with Crippen LogP contribution in [0.3, 0.4) is 0 Å². The Balaban J connectivity index is 1.92. The van der Waals surface area contributed by atoms with Crippen molar-refractivity contribution in [1.29, 1.82) is 0 Å². The SMILES string of the molecule is CCC(NC(=O)C1CCCCC1)c1ncc[nH]1. The fourth-order valence-electron chi connectivity index (χ4n) is 2.49. The average molecular weight is 235 g/mol. The van der Waals surface area contributed by atoms with Crippen LogP contribution in [0.25, 0.3) is 0 Å². The molecule has 1 aromatic rings. The number of amides is 1. The van der Waals surface area contributed by atoms with Crippen LogP contribution in [0.2, 0.25) is 0 Å². The average Bonchev–Trinajstić information content (AvgIpc) is 2.90. The Morgan fingerprint density at radius 2 is 2.29 bits per heavy atom. The fraction of sp³-hybridized carbons (Fsp3) is 0.692. The molecule has 1 fully saturated rings. The topological polar surface area (TPSA) is 57.8 Å². The van der Waals surface area contributed by atoms with Crippen LogP contribution in [0.4, 0.5) is 0 Å². The van der Waals surface area contributed by atoms with Gasteiger partial charge in [-0.2, -0.15) is 0 Å². The van der Waals surface area contributed by atoms with Crippen LogP contribution in [0.15, 0.2) is 12.4 Å². The van der Waals surface area contributed by atoms with Crippen LogP contribution >= 0.6 is 0 Å². The summed E-state index contributed by atoms with van der Waals surface area (Å²) in [6.45, 7) is 2.06. The number of aromatic nitrogens is 2. The summed E-state index contributed by atoms with van der Waals surface area (Å²) in [6, 6.07) is 0.0272. The Labute approximate surface area is 102 Å². The van der Waals surface area contributed by atoms with Gasteiger partial charge in [-0.3, -0.25) is 4.79 Å². The minimum absolute atomic E-state index is 0.0272. The largest absolute Gasteiger partial charge is 0.347 e. The molecular weight excluding hydrogens is 214 g/mol. The molecule has 4 nitrogen and oxygen atoms in total. The molecule has 1 aromatic heterocycles. The number of hydrogen-bond acceptors (Lipinski definition) is 2. The number of H-pyrrole nitrogens is 1. The van der Waals surface area contributed by atoms with Crippen molar-refractivity contribution in [2.24, 2.45) is 5.92 Å². The molecule has 1 amide bonds. The molecule has 0 saturated heterocycles. The molecule has 1 atom stereocenters. The predicted molar refractivity (Wildman–Crippen MR) is 66.3 cm³/mol. The van der Waals surface area contributed by atoms with Crippen molar-refractivity contribution in [3.8, 4) is 0 Å². The second kappa shape index (κ2) is 5.84. The predicted octanol–water partition coefficient (Wildman–Crippen LogP) is 2.56. The second-order valence-electron chi connectivity index (χ2n) is 4.78. The Hall–Kier alpha value is -1.32. The molecule has 1 heterocycles. The Kier molecular flexibility index (Phi) is 4.18. The zero-order valence-electron chi connectivity index (χ0n) is 10.4. The lowest BCUT2D eigenvalue weighted by Crippen LogP contribution is -2.35. The molecule has 94 valence electrons. The van der Waals surface area contributed by atoms with Gasteiger partial charge in [0.25, 0.3) is 0 Å². The van der Waals surface area contributed by atoms with Crippen molar-refractivity contribution in [3.63, 3.8) is 0 Å². The van der Waals surface area contributed by atoms with Gasteiger partial charge in [-0.15, -0.1) is 0 Å². The molecule has 17 heavy (non-hydrogen) atoms. The van der Waals surface area contributed by atoms with E-state index in [1.54, 1.807) is 12.4 Å². The Morgan fingerprint density at radius 3 is 2.88 bits per heavy atom. The van der Waals surface area contributed by atoms with E-state index >= 15 is 0 Å². The highest BCUT2D eigenvalue weighted by Gasteiger charge is 2.23. The summed E-state index contributed by atoms with van der Waals surface area (Å²) in [7, 11) is 0. The minimum atomic E-state index is 0.0272. The van der Waals surface area contributed by atoms with E-state index in [2.05, 4.69) is 22.2 Å². The number of nitrogens with one attached hydrogen (secondary N) is 2. The third-order valence-corrected chi connectivity index (χ3v) is 3.55. The Morgan fingerprint density at radius 1 is 1.53 bits per heavy atom. The van der Waals surface area contributed by atoms with Crippen LogP contribution in [0.5, 0.6) is 0 Å². The molecule has 0 bridgehead atoms. The summed E-state index contributed by atoms with van der Waals surface area (Å²) in [5, 5.41) is 3.11. The molecule has 1 saturated carbocycles. The lowest BCUT2D eigenvalue weighted by Gasteiger charge is -2.23. The van der Waals surface area contributed by atoms with Gasteiger partial charge in [0.05, 0.1) is 6.04 Å². The first kappa shape index (κ1) is 12.1. The highest BCUT2D eigenvalue weighted by molar-refractivity contribution is 5.79. The number of carbonyl (C=O) groups is 1.